The third kappa shape index (κ3) is 4.95. The molecule has 1 amide bonds. The first-order valence-corrected chi connectivity index (χ1v) is 8.91. The molecular weight excluding hydrogens is 294 g/mol. The van der Waals surface area contributed by atoms with Gasteiger partial charge in [0.05, 0.1) is 0 Å². The number of carbonyl (C=O) groups is 1. The molecule has 0 aliphatic carbocycles. The minimum Gasteiger partial charge on any atom is -0.349 e. The molecule has 0 aliphatic heterocycles. The maximum absolute atomic E-state index is 12.8. The van der Waals surface area contributed by atoms with E-state index in [4.69, 9.17) is 0 Å². The van der Waals surface area contributed by atoms with Gasteiger partial charge in [0.25, 0.3) is 5.91 Å². The number of benzene rings is 2. The molecular formula is C22H29NO. The zero-order chi connectivity index (χ0) is 17.5. The van der Waals surface area contributed by atoms with Gasteiger partial charge in [-0.05, 0) is 41.9 Å². The molecule has 24 heavy (non-hydrogen) atoms. The Kier molecular flexibility index (Phi) is 6.60. The molecule has 128 valence electrons. The van der Waals surface area contributed by atoms with Crippen molar-refractivity contribution in [1.82, 2.24) is 5.32 Å². The third-order valence-electron chi connectivity index (χ3n) is 4.52. The highest BCUT2D eigenvalue weighted by Gasteiger charge is 2.21. The van der Waals surface area contributed by atoms with E-state index in [0.717, 1.165) is 24.0 Å². The van der Waals surface area contributed by atoms with Gasteiger partial charge < -0.3 is 5.32 Å². The molecule has 2 nitrogen and oxygen atoms in total. The van der Waals surface area contributed by atoms with E-state index in [1.54, 1.807) is 0 Å². The van der Waals surface area contributed by atoms with Gasteiger partial charge in [-0.3, -0.25) is 4.79 Å². The van der Waals surface area contributed by atoms with E-state index >= 15 is 0 Å². The van der Waals surface area contributed by atoms with Crippen LogP contribution >= 0.6 is 0 Å². The molecule has 2 rings (SSSR count). The molecule has 0 heterocycles. The SMILES string of the molecule is CC(C)C(NC(=O)c1ccccc1CCc1ccccc1)C(C)C. The Balaban J connectivity index is 2.11. The Bertz CT molecular complexity index is 638. The van der Waals surface area contributed by atoms with Crippen molar-refractivity contribution < 1.29 is 4.79 Å². The number of hydrogen-bond acceptors (Lipinski definition) is 1. The topological polar surface area (TPSA) is 29.1 Å². The van der Waals surface area contributed by atoms with Crippen molar-refractivity contribution in [2.24, 2.45) is 11.8 Å². The first-order chi connectivity index (χ1) is 11.5. The van der Waals surface area contributed by atoms with Crippen molar-refractivity contribution in [3.8, 4) is 0 Å². The highest BCUT2D eigenvalue weighted by atomic mass is 16.1. The van der Waals surface area contributed by atoms with Crippen molar-refractivity contribution >= 4 is 5.91 Å². The Labute approximate surface area is 146 Å². The average Bonchev–Trinajstić information content (AvgIpc) is 2.58. The molecule has 0 saturated carbocycles. The second-order valence-corrected chi connectivity index (χ2v) is 7.13. The van der Waals surface area contributed by atoms with Crippen molar-refractivity contribution in [1.29, 1.82) is 0 Å². The second kappa shape index (κ2) is 8.68. The van der Waals surface area contributed by atoms with E-state index in [0.29, 0.717) is 11.8 Å². The average molecular weight is 323 g/mol. The largest absolute Gasteiger partial charge is 0.349 e. The minimum absolute atomic E-state index is 0.0473. The van der Waals surface area contributed by atoms with Crippen LogP contribution in [0.4, 0.5) is 0 Å². The molecule has 1 N–H and O–H groups in total. The van der Waals surface area contributed by atoms with Crippen LogP contribution in [0.1, 0.15) is 49.2 Å². The number of aryl methyl sites for hydroxylation is 2. The van der Waals surface area contributed by atoms with Gasteiger partial charge in [0.2, 0.25) is 0 Å². The van der Waals surface area contributed by atoms with E-state index in [2.05, 4.69) is 63.3 Å². The van der Waals surface area contributed by atoms with Gasteiger partial charge >= 0.3 is 0 Å². The summed E-state index contributed by atoms with van der Waals surface area (Å²) in [6, 6.07) is 18.6. The molecule has 0 radical (unpaired) electrons. The summed E-state index contributed by atoms with van der Waals surface area (Å²) < 4.78 is 0. The normalized spacial score (nSPS) is 11.3. The van der Waals surface area contributed by atoms with Crippen LogP contribution < -0.4 is 5.32 Å². The highest BCUT2D eigenvalue weighted by Crippen LogP contribution is 2.16. The standard InChI is InChI=1S/C22H29NO/c1-16(2)21(17(3)4)23-22(24)20-13-9-8-12-19(20)15-14-18-10-6-5-7-11-18/h5-13,16-17,21H,14-15H2,1-4H3,(H,23,24). The lowest BCUT2D eigenvalue weighted by Crippen LogP contribution is -2.42. The van der Waals surface area contributed by atoms with Crippen LogP contribution in [0.15, 0.2) is 54.6 Å². The van der Waals surface area contributed by atoms with Crippen LogP contribution in [-0.4, -0.2) is 11.9 Å². The van der Waals surface area contributed by atoms with Crippen LogP contribution in [-0.2, 0) is 12.8 Å². The molecule has 0 aliphatic rings. The molecule has 2 heteroatoms. The van der Waals surface area contributed by atoms with Gasteiger partial charge in [-0.25, -0.2) is 0 Å². The summed E-state index contributed by atoms with van der Waals surface area (Å²) in [6.45, 7) is 8.64. The summed E-state index contributed by atoms with van der Waals surface area (Å²) >= 11 is 0. The fourth-order valence-corrected chi connectivity index (χ4v) is 3.22. The highest BCUT2D eigenvalue weighted by molar-refractivity contribution is 5.95. The first-order valence-electron chi connectivity index (χ1n) is 8.91. The lowest BCUT2D eigenvalue weighted by atomic mass is 9.92. The molecule has 2 aromatic rings. The van der Waals surface area contributed by atoms with Crippen LogP contribution in [0, 0.1) is 11.8 Å². The van der Waals surface area contributed by atoms with Crippen molar-refractivity contribution in [2.45, 2.75) is 46.6 Å². The van der Waals surface area contributed by atoms with Gasteiger partial charge in [0, 0.05) is 11.6 Å². The van der Waals surface area contributed by atoms with Crippen molar-refractivity contribution in [3.05, 3.63) is 71.3 Å². The van der Waals surface area contributed by atoms with E-state index in [1.807, 2.05) is 24.3 Å². The molecule has 0 fully saturated rings. The summed E-state index contributed by atoms with van der Waals surface area (Å²) in [6.07, 6.45) is 1.82. The van der Waals surface area contributed by atoms with Gasteiger partial charge in [-0.2, -0.15) is 0 Å². The monoisotopic (exact) mass is 323 g/mol. The number of hydrogen-bond donors (Lipinski definition) is 1. The number of rotatable bonds is 7. The Morgan fingerprint density at radius 3 is 2.04 bits per heavy atom. The molecule has 0 unspecified atom stereocenters. The van der Waals surface area contributed by atoms with E-state index < -0.39 is 0 Å². The summed E-state index contributed by atoms with van der Waals surface area (Å²) in [5.74, 6) is 0.891. The van der Waals surface area contributed by atoms with E-state index in [1.165, 1.54) is 5.56 Å². The first kappa shape index (κ1) is 18.3. The Hall–Kier alpha value is -2.09. The van der Waals surface area contributed by atoms with E-state index in [9.17, 15) is 4.79 Å². The van der Waals surface area contributed by atoms with Gasteiger partial charge in [-0.15, -0.1) is 0 Å². The van der Waals surface area contributed by atoms with Crippen molar-refractivity contribution in [3.63, 3.8) is 0 Å². The molecule has 0 saturated heterocycles. The van der Waals surface area contributed by atoms with Crippen LogP contribution in [0.2, 0.25) is 0 Å². The van der Waals surface area contributed by atoms with Crippen molar-refractivity contribution in [2.75, 3.05) is 0 Å². The lowest BCUT2D eigenvalue weighted by molar-refractivity contribution is 0.0909. The zero-order valence-electron chi connectivity index (χ0n) is 15.3. The van der Waals surface area contributed by atoms with Gasteiger partial charge in [0.1, 0.15) is 0 Å². The molecule has 2 aromatic carbocycles. The summed E-state index contributed by atoms with van der Waals surface area (Å²) in [4.78, 5) is 12.8. The summed E-state index contributed by atoms with van der Waals surface area (Å²) in [7, 11) is 0. The fraction of sp³-hybridized carbons (Fsp3) is 0.409. The molecule has 0 atom stereocenters. The maximum Gasteiger partial charge on any atom is 0.251 e. The van der Waals surface area contributed by atoms with Crippen LogP contribution in [0.5, 0.6) is 0 Å². The van der Waals surface area contributed by atoms with Crippen LogP contribution in [0.3, 0.4) is 0 Å². The summed E-state index contributed by atoms with van der Waals surface area (Å²) in [5.41, 5.74) is 3.22. The molecule has 0 aromatic heterocycles. The number of carbonyl (C=O) groups excluding carboxylic acids is 1. The lowest BCUT2D eigenvalue weighted by Gasteiger charge is -2.26. The number of amides is 1. The van der Waals surface area contributed by atoms with Gasteiger partial charge in [0.15, 0.2) is 0 Å². The third-order valence-corrected chi connectivity index (χ3v) is 4.52. The predicted molar refractivity (Wildman–Crippen MR) is 101 cm³/mol. The molecule has 0 spiro atoms. The number of nitrogens with one attached hydrogen (secondary N) is 1. The Morgan fingerprint density at radius 1 is 0.833 bits per heavy atom. The Morgan fingerprint density at radius 2 is 1.42 bits per heavy atom. The van der Waals surface area contributed by atoms with Gasteiger partial charge in [-0.1, -0.05) is 76.2 Å². The van der Waals surface area contributed by atoms with E-state index in [-0.39, 0.29) is 11.9 Å². The second-order valence-electron chi connectivity index (χ2n) is 7.13. The summed E-state index contributed by atoms with van der Waals surface area (Å²) in [5, 5.41) is 3.23. The minimum atomic E-state index is 0.0473. The fourth-order valence-electron chi connectivity index (χ4n) is 3.22. The zero-order valence-corrected chi connectivity index (χ0v) is 15.3. The quantitative estimate of drug-likeness (QED) is 0.773. The predicted octanol–water partition coefficient (Wildman–Crippen LogP) is 4.88. The maximum atomic E-state index is 12.8. The smallest absolute Gasteiger partial charge is 0.251 e. The van der Waals surface area contributed by atoms with Crippen LogP contribution in [0.25, 0.3) is 0 Å². The molecule has 0 bridgehead atoms.